The van der Waals surface area contributed by atoms with Crippen molar-refractivity contribution in [1.29, 1.82) is 0 Å². The quantitative estimate of drug-likeness (QED) is 0.538. The number of benzene rings is 2. The van der Waals surface area contributed by atoms with Crippen LogP contribution in [0.1, 0.15) is 27.0 Å². The molecule has 1 amide bonds. The molecule has 0 radical (unpaired) electrons. The summed E-state index contributed by atoms with van der Waals surface area (Å²) in [5.41, 5.74) is 4.94. The van der Waals surface area contributed by atoms with Gasteiger partial charge in [-0.1, -0.05) is 42.1 Å². The molecule has 0 aliphatic carbocycles. The number of carbonyl (C=O) groups excluding carboxylic acids is 1. The summed E-state index contributed by atoms with van der Waals surface area (Å²) in [4.78, 5) is 19.7. The molecule has 0 bridgehead atoms. The third-order valence-corrected chi connectivity index (χ3v) is 7.08. The maximum absolute atomic E-state index is 13.1. The Morgan fingerprint density at radius 1 is 1.17 bits per heavy atom. The molecule has 4 rings (SSSR count). The van der Waals surface area contributed by atoms with Gasteiger partial charge in [0.25, 0.3) is 5.91 Å². The average Bonchev–Trinajstić information content (AvgIpc) is 3.30. The Labute approximate surface area is 185 Å². The van der Waals surface area contributed by atoms with Gasteiger partial charge in [0.1, 0.15) is 6.33 Å². The van der Waals surface area contributed by atoms with Crippen molar-refractivity contribution >= 4 is 35.1 Å². The Kier molecular flexibility index (Phi) is 7.09. The maximum atomic E-state index is 13.1. The van der Waals surface area contributed by atoms with Crippen molar-refractivity contribution in [3.05, 3.63) is 71.0 Å². The van der Waals surface area contributed by atoms with Gasteiger partial charge in [0, 0.05) is 48.1 Å². The second-order valence-electron chi connectivity index (χ2n) is 7.17. The number of amides is 1. The van der Waals surface area contributed by atoms with Crippen LogP contribution in [0, 0.1) is 6.92 Å². The SMILES string of the molecule is Cc1c(CN2CCSCC2)cccc1NC(=O)c1ccccc1CSc1ncn[nH]1. The molecule has 2 heterocycles. The van der Waals surface area contributed by atoms with Gasteiger partial charge < -0.3 is 5.32 Å². The number of nitrogens with zero attached hydrogens (tertiary/aromatic N) is 3. The molecule has 0 atom stereocenters. The first-order valence-corrected chi connectivity index (χ1v) is 12.1. The van der Waals surface area contributed by atoms with Crippen LogP contribution in [-0.2, 0) is 12.3 Å². The van der Waals surface area contributed by atoms with E-state index in [1.165, 1.54) is 35.2 Å². The van der Waals surface area contributed by atoms with Crippen LogP contribution in [0.5, 0.6) is 0 Å². The highest BCUT2D eigenvalue weighted by Crippen LogP contribution is 2.25. The standard InChI is InChI=1S/C22H25N5OS2/c1-16-17(13-27-9-11-29-12-10-27)6-4-8-20(16)25-21(28)19-7-3-2-5-18(19)14-30-22-23-15-24-26-22/h2-8,15H,9-14H2,1H3,(H,25,28)(H,23,24,26). The molecule has 1 saturated heterocycles. The van der Waals surface area contributed by atoms with Crippen molar-refractivity contribution in [3.8, 4) is 0 Å². The highest BCUT2D eigenvalue weighted by atomic mass is 32.2. The summed E-state index contributed by atoms with van der Waals surface area (Å²) in [6.07, 6.45) is 1.49. The molecular formula is C22H25N5OS2. The summed E-state index contributed by atoms with van der Waals surface area (Å²) in [5.74, 6) is 2.94. The van der Waals surface area contributed by atoms with Crippen molar-refractivity contribution in [1.82, 2.24) is 20.1 Å². The van der Waals surface area contributed by atoms with Gasteiger partial charge in [-0.2, -0.15) is 16.9 Å². The second kappa shape index (κ2) is 10.1. The highest BCUT2D eigenvalue weighted by Gasteiger charge is 2.16. The van der Waals surface area contributed by atoms with Crippen molar-refractivity contribution in [2.45, 2.75) is 24.4 Å². The molecule has 30 heavy (non-hydrogen) atoms. The monoisotopic (exact) mass is 439 g/mol. The van der Waals surface area contributed by atoms with E-state index < -0.39 is 0 Å². The predicted octanol–water partition coefficient (Wildman–Crippen LogP) is 4.21. The van der Waals surface area contributed by atoms with Gasteiger partial charge in [0.05, 0.1) is 0 Å². The van der Waals surface area contributed by atoms with E-state index >= 15 is 0 Å². The lowest BCUT2D eigenvalue weighted by atomic mass is 10.0. The van der Waals surface area contributed by atoms with Crippen LogP contribution in [0.2, 0.25) is 0 Å². The Hall–Kier alpha value is -2.29. The number of anilines is 1. The fourth-order valence-electron chi connectivity index (χ4n) is 3.46. The van der Waals surface area contributed by atoms with Crippen molar-refractivity contribution in [3.63, 3.8) is 0 Å². The van der Waals surface area contributed by atoms with Crippen LogP contribution >= 0.6 is 23.5 Å². The molecule has 1 aliphatic rings. The minimum absolute atomic E-state index is 0.0848. The van der Waals surface area contributed by atoms with Crippen molar-refractivity contribution < 1.29 is 4.79 Å². The number of carbonyl (C=O) groups is 1. The van der Waals surface area contributed by atoms with Gasteiger partial charge in [0.2, 0.25) is 0 Å². The summed E-state index contributed by atoms with van der Waals surface area (Å²) in [5, 5.41) is 10.6. The number of hydrogen-bond donors (Lipinski definition) is 2. The lowest BCUT2D eigenvalue weighted by Crippen LogP contribution is -2.32. The molecular weight excluding hydrogens is 414 g/mol. The number of hydrogen-bond acceptors (Lipinski definition) is 6. The molecule has 6 nitrogen and oxygen atoms in total. The lowest BCUT2D eigenvalue weighted by molar-refractivity contribution is 0.102. The predicted molar refractivity (Wildman–Crippen MR) is 124 cm³/mol. The fraction of sp³-hybridized carbons (Fsp3) is 0.318. The Morgan fingerprint density at radius 3 is 2.77 bits per heavy atom. The zero-order valence-electron chi connectivity index (χ0n) is 16.9. The third-order valence-electron chi connectivity index (χ3n) is 5.21. The maximum Gasteiger partial charge on any atom is 0.255 e. The van der Waals surface area contributed by atoms with Crippen LogP contribution in [0.3, 0.4) is 0 Å². The van der Waals surface area contributed by atoms with Crippen LogP contribution < -0.4 is 5.32 Å². The molecule has 0 spiro atoms. The smallest absolute Gasteiger partial charge is 0.255 e. The third kappa shape index (κ3) is 5.24. The van der Waals surface area contributed by atoms with Crippen LogP contribution in [0.25, 0.3) is 0 Å². The van der Waals surface area contributed by atoms with E-state index in [0.717, 1.165) is 41.6 Å². The largest absolute Gasteiger partial charge is 0.322 e. The molecule has 2 aromatic carbocycles. The van der Waals surface area contributed by atoms with Crippen LogP contribution in [0.15, 0.2) is 53.9 Å². The molecule has 3 aromatic rings. The van der Waals surface area contributed by atoms with E-state index in [1.807, 2.05) is 48.2 Å². The van der Waals surface area contributed by atoms with Gasteiger partial charge in [0.15, 0.2) is 5.16 Å². The van der Waals surface area contributed by atoms with Crippen LogP contribution in [-0.4, -0.2) is 50.6 Å². The summed E-state index contributed by atoms with van der Waals surface area (Å²) >= 11 is 3.54. The molecule has 8 heteroatoms. The first kappa shape index (κ1) is 21.0. The number of rotatable bonds is 7. The van der Waals surface area contributed by atoms with Crippen molar-refractivity contribution in [2.75, 3.05) is 29.9 Å². The Balaban J connectivity index is 1.47. The van der Waals surface area contributed by atoms with Crippen molar-refractivity contribution in [2.24, 2.45) is 0 Å². The fourth-order valence-corrected chi connectivity index (χ4v) is 5.22. The summed E-state index contributed by atoms with van der Waals surface area (Å²) < 4.78 is 0. The Morgan fingerprint density at radius 2 is 1.97 bits per heavy atom. The van der Waals surface area contributed by atoms with E-state index in [0.29, 0.717) is 11.3 Å². The van der Waals surface area contributed by atoms with E-state index in [9.17, 15) is 4.79 Å². The van der Waals surface area contributed by atoms with Gasteiger partial charge in [-0.3, -0.25) is 14.8 Å². The summed E-state index contributed by atoms with van der Waals surface area (Å²) in [6, 6.07) is 13.9. The number of H-pyrrole nitrogens is 1. The van der Waals surface area contributed by atoms with Gasteiger partial charge in [-0.15, -0.1) is 0 Å². The average molecular weight is 440 g/mol. The normalized spacial score (nSPS) is 14.6. The Bertz CT molecular complexity index is 987. The minimum atomic E-state index is -0.0848. The molecule has 0 unspecified atom stereocenters. The number of thioether (sulfide) groups is 2. The molecule has 1 fully saturated rings. The first-order valence-electron chi connectivity index (χ1n) is 9.97. The number of aromatic amines is 1. The summed E-state index contributed by atoms with van der Waals surface area (Å²) in [7, 11) is 0. The zero-order chi connectivity index (χ0) is 20.8. The molecule has 2 N–H and O–H groups in total. The zero-order valence-corrected chi connectivity index (χ0v) is 18.6. The van der Waals surface area contributed by atoms with E-state index in [1.54, 1.807) is 0 Å². The number of aromatic nitrogens is 3. The molecule has 0 saturated carbocycles. The second-order valence-corrected chi connectivity index (χ2v) is 9.36. The van der Waals surface area contributed by atoms with Gasteiger partial charge >= 0.3 is 0 Å². The van der Waals surface area contributed by atoms with E-state index in [4.69, 9.17) is 0 Å². The van der Waals surface area contributed by atoms with Gasteiger partial charge in [-0.05, 0) is 35.7 Å². The first-order chi connectivity index (χ1) is 14.7. The molecule has 1 aliphatic heterocycles. The number of nitrogens with one attached hydrogen (secondary N) is 2. The highest BCUT2D eigenvalue weighted by molar-refractivity contribution is 7.99. The van der Waals surface area contributed by atoms with Gasteiger partial charge in [-0.25, -0.2) is 4.98 Å². The van der Waals surface area contributed by atoms with E-state index in [-0.39, 0.29) is 5.91 Å². The minimum Gasteiger partial charge on any atom is -0.322 e. The molecule has 156 valence electrons. The van der Waals surface area contributed by atoms with E-state index in [2.05, 4.69) is 38.4 Å². The summed E-state index contributed by atoms with van der Waals surface area (Å²) in [6.45, 7) is 5.27. The lowest BCUT2D eigenvalue weighted by Gasteiger charge is -2.27. The molecule has 1 aromatic heterocycles. The van der Waals surface area contributed by atoms with Crippen LogP contribution in [0.4, 0.5) is 5.69 Å². The topological polar surface area (TPSA) is 73.9 Å².